The fourth-order valence-electron chi connectivity index (χ4n) is 3.47. The van der Waals surface area contributed by atoms with Crippen molar-refractivity contribution in [2.24, 2.45) is 0 Å². The van der Waals surface area contributed by atoms with Crippen LogP contribution in [0.3, 0.4) is 0 Å². The van der Waals surface area contributed by atoms with E-state index in [-0.39, 0.29) is 5.57 Å². The number of carboxylic acids is 1. The number of anilines is 1. The normalized spacial score (nSPS) is 11.6. The van der Waals surface area contributed by atoms with Gasteiger partial charge in [-0.05, 0) is 51.0 Å². The zero-order valence-corrected chi connectivity index (χ0v) is 18.6. The van der Waals surface area contributed by atoms with Crippen molar-refractivity contribution in [2.75, 3.05) is 26.1 Å². The van der Waals surface area contributed by atoms with Gasteiger partial charge in [0.15, 0.2) is 0 Å². The van der Waals surface area contributed by atoms with Crippen molar-refractivity contribution in [3.8, 4) is 22.6 Å². The first-order chi connectivity index (χ1) is 14.3. The van der Waals surface area contributed by atoms with Gasteiger partial charge < -0.3 is 19.9 Å². The summed E-state index contributed by atoms with van der Waals surface area (Å²) >= 11 is 0. The summed E-state index contributed by atoms with van der Waals surface area (Å²) in [5, 5.41) is 12.7. The first-order valence-electron chi connectivity index (χ1n) is 10.0. The summed E-state index contributed by atoms with van der Waals surface area (Å²) in [6.45, 7) is 8.35. The zero-order chi connectivity index (χ0) is 22.3. The fourth-order valence-corrected chi connectivity index (χ4v) is 3.47. The lowest BCUT2D eigenvalue weighted by molar-refractivity contribution is -0.132. The van der Waals surface area contributed by atoms with Crippen molar-refractivity contribution in [1.82, 2.24) is 0 Å². The van der Waals surface area contributed by atoms with Gasteiger partial charge in [-0.2, -0.15) is 0 Å². The van der Waals surface area contributed by atoms with E-state index < -0.39 is 5.97 Å². The topological polar surface area (TPSA) is 67.8 Å². The maximum Gasteiger partial charge on any atom is 0.331 e. The molecule has 5 heteroatoms. The molecule has 0 amide bonds. The number of ether oxygens (including phenoxy) is 2. The van der Waals surface area contributed by atoms with E-state index in [9.17, 15) is 9.90 Å². The van der Waals surface area contributed by atoms with E-state index >= 15 is 0 Å². The molecule has 2 N–H and O–H groups in total. The summed E-state index contributed by atoms with van der Waals surface area (Å²) in [5.41, 5.74) is 5.67. The van der Waals surface area contributed by atoms with E-state index in [1.807, 2.05) is 38.1 Å². The van der Waals surface area contributed by atoms with Gasteiger partial charge in [0.1, 0.15) is 11.5 Å². The highest BCUT2D eigenvalue weighted by Gasteiger charge is 2.21. The van der Waals surface area contributed by atoms with Gasteiger partial charge in [0.2, 0.25) is 0 Å². The second kappa shape index (κ2) is 10.5. The Balaban J connectivity index is 2.55. The second-order valence-corrected chi connectivity index (χ2v) is 7.08. The maximum atomic E-state index is 11.3. The molecular formula is C25H31NO4. The quantitative estimate of drug-likeness (QED) is 0.401. The molecule has 30 heavy (non-hydrogen) atoms. The van der Waals surface area contributed by atoms with Gasteiger partial charge in [0.25, 0.3) is 0 Å². The smallest absolute Gasteiger partial charge is 0.331 e. The molecule has 0 aliphatic heterocycles. The van der Waals surface area contributed by atoms with Crippen molar-refractivity contribution < 1.29 is 19.4 Å². The number of rotatable bonds is 9. The number of methoxy groups -OCH3 is 2. The summed E-state index contributed by atoms with van der Waals surface area (Å²) in [6.07, 6.45) is 6.90. The van der Waals surface area contributed by atoms with Crippen molar-refractivity contribution in [3.63, 3.8) is 0 Å². The first-order valence-corrected chi connectivity index (χ1v) is 10.0. The minimum atomic E-state index is -0.964. The van der Waals surface area contributed by atoms with Gasteiger partial charge in [0, 0.05) is 40.1 Å². The number of allylic oxidation sites excluding steroid dienone is 1. The molecule has 0 bridgehead atoms. The van der Waals surface area contributed by atoms with Crippen LogP contribution in [0.25, 0.3) is 17.2 Å². The Morgan fingerprint density at radius 3 is 2.20 bits per heavy atom. The van der Waals surface area contributed by atoms with Gasteiger partial charge in [-0.15, -0.1) is 0 Å². The molecule has 0 saturated heterocycles. The predicted octanol–water partition coefficient (Wildman–Crippen LogP) is 5.85. The Morgan fingerprint density at radius 1 is 1.03 bits per heavy atom. The zero-order valence-electron chi connectivity index (χ0n) is 18.6. The number of nitrogens with one attached hydrogen (secondary N) is 1. The molecule has 0 aliphatic carbocycles. The van der Waals surface area contributed by atoms with E-state index in [4.69, 9.17) is 9.47 Å². The van der Waals surface area contributed by atoms with E-state index in [2.05, 4.69) is 24.4 Å². The predicted molar refractivity (Wildman–Crippen MR) is 124 cm³/mol. The third kappa shape index (κ3) is 5.03. The van der Waals surface area contributed by atoms with Crippen LogP contribution in [-0.2, 0) is 4.79 Å². The number of aliphatic carboxylic acids is 1. The Kier molecular flexibility index (Phi) is 8.10. The molecule has 0 heterocycles. The lowest BCUT2D eigenvalue weighted by Crippen LogP contribution is -2.03. The summed E-state index contributed by atoms with van der Waals surface area (Å²) in [4.78, 5) is 11.3. The lowest BCUT2D eigenvalue weighted by atomic mass is 9.91. The summed E-state index contributed by atoms with van der Waals surface area (Å²) in [7, 11) is 3.23. The summed E-state index contributed by atoms with van der Waals surface area (Å²) in [5.74, 6) is 0.397. The van der Waals surface area contributed by atoms with E-state index in [1.54, 1.807) is 27.2 Å². The third-order valence-corrected chi connectivity index (χ3v) is 5.04. The monoisotopic (exact) mass is 409 g/mol. The minimum Gasteiger partial charge on any atom is -0.496 e. The van der Waals surface area contributed by atoms with E-state index in [1.165, 1.54) is 0 Å². The Morgan fingerprint density at radius 2 is 1.67 bits per heavy atom. The molecule has 0 aliphatic rings. The first kappa shape index (κ1) is 23.1. The third-order valence-electron chi connectivity index (χ3n) is 5.04. The average Bonchev–Trinajstić information content (AvgIpc) is 2.74. The van der Waals surface area contributed by atoms with Crippen LogP contribution in [0.4, 0.5) is 5.69 Å². The number of hydrogen-bond acceptors (Lipinski definition) is 4. The highest BCUT2D eigenvalue weighted by Crippen LogP contribution is 2.44. The molecule has 2 aromatic rings. The maximum absolute atomic E-state index is 11.3. The van der Waals surface area contributed by atoms with Crippen LogP contribution < -0.4 is 14.8 Å². The standard InChI is InChI=1S/C25H31NO4/c1-7-8-9-14-26-20-12-10-19(11-13-20)22-18(4)23(29-5)21(15-16(2)25(27)28)17(3)24(22)30-6/h8-13,15,26H,7,14H2,1-6H3,(H,27,28). The minimum absolute atomic E-state index is 0.234. The van der Waals surface area contributed by atoms with E-state index in [0.29, 0.717) is 11.5 Å². The fraction of sp³-hybridized carbons (Fsp3) is 0.320. The van der Waals surface area contributed by atoms with Crippen molar-refractivity contribution in [3.05, 3.63) is 58.7 Å². The molecular weight excluding hydrogens is 378 g/mol. The molecule has 160 valence electrons. The van der Waals surface area contributed by atoms with Gasteiger partial charge in [-0.25, -0.2) is 4.79 Å². The van der Waals surface area contributed by atoms with Crippen LogP contribution in [0.1, 0.15) is 37.0 Å². The number of carboxylic acid groups (broad SMARTS) is 1. The summed E-state index contributed by atoms with van der Waals surface area (Å²) in [6, 6.07) is 8.18. The Hall–Kier alpha value is -3.21. The van der Waals surface area contributed by atoms with Crippen LogP contribution in [0, 0.1) is 13.8 Å². The van der Waals surface area contributed by atoms with Crippen LogP contribution in [0.5, 0.6) is 11.5 Å². The largest absolute Gasteiger partial charge is 0.496 e. The summed E-state index contributed by atoms with van der Waals surface area (Å²) < 4.78 is 11.4. The van der Waals surface area contributed by atoms with Gasteiger partial charge in [0.05, 0.1) is 14.2 Å². The average molecular weight is 410 g/mol. The van der Waals surface area contributed by atoms with Crippen LogP contribution in [0.2, 0.25) is 0 Å². The molecule has 0 spiro atoms. The molecule has 5 nitrogen and oxygen atoms in total. The molecule has 0 aromatic heterocycles. The Bertz CT molecular complexity index is 956. The molecule has 0 radical (unpaired) electrons. The Labute approximate surface area is 179 Å². The lowest BCUT2D eigenvalue weighted by Gasteiger charge is -2.21. The molecule has 0 atom stereocenters. The van der Waals surface area contributed by atoms with Crippen molar-refractivity contribution >= 4 is 17.7 Å². The highest BCUT2D eigenvalue weighted by atomic mass is 16.5. The molecule has 0 fully saturated rings. The van der Waals surface area contributed by atoms with E-state index in [0.717, 1.165) is 46.5 Å². The number of hydrogen-bond donors (Lipinski definition) is 2. The highest BCUT2D eigenvalue weighted by molar-refractivity contribution is 5.93. The van der Waals surface area contributed by atoms with Crippen LogP contribution >= 0.6 is 0 Å². The van der Waals surface area contributed by atoms with Gasteiger partial charge in [-0.1, -0.05) is 31.2 Å². The molecule has 2 aromatic carbocycles. The number of benzene rings is 2. The van der Waals surface area contributed by atoms with Gasteiger partial charge in [-0.3, -0.25) is 0 Å². The van der Waals surface area contributed by atoms with Crippen molar-refractivity contribution in [2.45, 2.75) is 34.1 Å². The molecule has 2 rings (SSSR count). The van der Waals surface area contributed by atoms with Crippen molar-refractivity contribution in [1.29, 1.82) is 0 Å². The van der Waals surface area contributed by atoms with Crippen LogP contribution in [-0.4, -0.2) is 31.8 Å². The molecule has 0 saturated carbocycles. The molecule has 0 unspecified atom stereocenters. The number of carbonyl (C=O) groups is 1. The van der Waals surface area contributed by atoms with Crippen LogP contribution in [0.15, 0.2) is 42.0 Å². The SMILES string of the molecule is CCC=CCNc1ccc(-c2c(C)c(OC)c(C=C(C)C(=O)O)c(C)c2OC)cc1. The van der Waals surface area contributed by atoms with Gasteiger partial charge >= 0.3 is 5.97 Å². The second-order valence-electron chi connectivity index (χ2n) is 7.08.